The van der Waals surface area contributed by atoms with E-state index in [9.17, 15) is 10.2 Å². The lowest BCUT2D eigenvalue weighted by Gasteiger charge is -2.48. The van der Waals surface area contributed by atoms with E-state index in [4.69, 9.17) is 0 Å². The van der Waals surface area contributed by atoms with Crippen LogP contribution in [0.25, 0.3) is 0 Å². The molecular weight excluding hydrogens is 344 g/mol. The summed E-state index contributed by atoms with van der Waals surface area (Å²) >= 11 is 0. The van der Waals surface area contributed by atoms with Crippen LogP contribution in [0.15, 0.2) is 60.7 Å². The van der Waals surface area contributed by atoms with Crippen LogP contribution in [-0.4, -0.2) is 15.8 Å². The third-order valence-electron chi connectivity index (χ3n) is 5.63. The average molecular weight is 368 g/mol. The minimum Gasteiger partial charge on any atom is -0.386 e. The van der Waals surface area contributed by atoms with Crippen molar-refractivity contribution >= 4 is 0 Å². The summed E-state index contributed by atoms with van der Waals surface area (Å²) in [5.74, 6) is 1.86. The molecule has 0 bridgehead atoms. The second-order valence-electron chi connectivity index (χ2n) is 7.27. The molecule has 0 amide bonds. The summed E-state index contributed by atoms with van der Waals surface area (Å²) in [4.78, 5) is 0. The Hall–Kier alpha value is -1.64. The zero-order valence-corrected chi connectivity index (χ0v) is 15.7. The number of rotatable bonds is 7. The number of hydrogen-bond acceptors (Lipinski definition) is 2. The molecule has 28 heavy (non-hydrogen) atoms. The van der Waals surface area contributed by atoms with Gasteiger partial charge in [-0.2, -0.15) is 0 Å². The van der Waals surface area contributed by atoms with E-state index in [1.54, 1.807) is 0 Å². The van der Waals surface area contributed by atoms with Crippen molar-refractivity contribution < 1.29 is 10.2 Å². The van der Waals surface area contributed by atoms with Crippen LogP contribution < -0.4 is 0 Å². The largest absolute Gasteiger partial charge is 0.386 e. The molecule has 2 aromatic rings. The minimum absolute atomic E-state index is 0.390. The average Bonchev–Trinajstić information content (AvgIpc) is 3.47. The van der Waals surface area contributed by atoms with Crippen LogP contribution in [0.5, 0.6) is 0 Å². The van der Waals surface area contributed by atoms with Crippen LogP contribution in [0.4, 0.5) is 0 Å². The van der Waals surface area contributed by atoms with Gasteiger partial charge >= 0.3 is 0 Å². The summed E-state index contributed by atoms with van der Waals surface area (Å²) in [5, 5.41) is 24.4. The summed E-state index contributed by atoms with van der Waals surface area (Å²) in [5.41, 5.74) is -1.73. The van der Waals surface area contributed by atoms with Gasteiger partial charge < -0.3 is 10.2 Å². The van der Waals surface area contributed by atoms with E-state index in [2.05, 4.69) is 12.8 Å². The quantitative estimate of drug-likeness (QED) is 0.767. The van der Waals surface area contributed by atoms with Crippen molar-refractivity contribution in [2.24, 2.45) is 0 Å². The van der Waals surface area contributed by atoms with Crippen LogP contribution in [0.3, 0.4) is 0 Å². The first-order valence-electron chi connectivity index (χ1n) is 9.63. The molecule has 4 rings (SSSR count). The standard InChI is InChI=1S/C26H24O2/c27-25(22-13-9-10-14-22,20-19-21-11-7-8-12-21)26(28,23-15-3-1-4-16-23)24-17-5-2-6-18-24/h1-18,27-28H,19-20H2. The zero-order valence-electron chi connectivity index (χ0n) is 15.7. The van der Waals surface area contributed by atoms with Gasteiger partial charge in [0.05, 0.1) is 0 Å². The van der Waals surface area contributed by atoms with Gasteiger partial charge in [0, 0.05) is 5.92 Å². The van der Waals surface area contributed by atoms with Gasteiger partial charge in [0.1, 0.15) is 11.2 Å². The van der Waals surface area contributed by atoms with Crippen molar-refractivity contribution in [1.29, 1.82) is 0 Å². The Balaban J connectivity index is 1.78. The molecule has 2 aliphatic carbocycles. The maximum Gasteiger partial charge on any atom is 0.144 e. The van der Waals surface area contributed by atoms with Crippen molar-refractivity contribution in [2.45, 2.75) is 24.0 Å². The van der Waals surface area contributed by atoms with Gasteiger partial charge in [0.2, 0.25) is 0 Å². The van der Waals surface area contributed by atoms with Gasteiger partial charge in [-0.1, -0.05) is 60.7 Å². The first kappa shape index (κ1) is 19.7. The van der Waals surface area contributed by atoms with Crippen LogP contribution in [0.1, 0.15) is 24.0 Å². The van der Waals surface area contributed by atoms with Gasteiger partial charge in [0.25, 0.3) is 0 Å². The maximum absolute atomic E-state index is 12.2. The summed E-state index contributed by atoms with van der Waals surface area (Å²) in [7, 11) is 0. The maximum atomic E-state index is 12.2. The minimum atomic E-state index is -1.59. The molecular formula is C26H24O2. The monoisotopic (exact) mass is 368 g/mol. The van der Waals surface area contributed by atoms with E-state index < -0.39 is 11.2 Å². The van der Waals surface area contributed by atoms with E-state index in [1.165, 1.54) is 0 Å². The lowest BCUT2D eigenvalue weighted by atomic mass is 9.64. The molecule has 2 fully saturated rings. The van der Waals surface area contributed by atoms with E-state index in [0.717, 1.165) is 5.92 Å². The summed E-state index contributed by atoms with van der Waals surface area (Å²) in [6, 6.07) is 18.9. The zero-order chi connectivity index (χ0) is 19.5. The first-order chi connectivity index (χ1) is 13.6. The Bertz CT molecular complexity index is 690. The predicted molar refractivity (Wildman–Crippen MR) is 111 cm³/mol. The summed E-state index contributed by atoms with van der Waals surface area (Å²) < 4.78 is 0. The summed E-state index contributed by atoms with van der Waals surface area (Å²) in [6.45, 7) is 0. The highest BCUT2D eigenvalue weighted by Gasteiger charge is 2.56. The predicted octanol–water partition coefficient (Wildman–Crippen LogP) is 4.24. The number of benzene rings is 2. The highest BCUT2D eigenvalue weighted by molar-refractivity contribution is 5.51. The highest BCUT2D eigenvalue weighted by atomic mass is 16.4. The molecule has 2 aromatic carbocycles. The molecule has 2 nitrogen and oxygen atoms in total. The van der Waals surface area contributed by atoms with E-state index in [1.807, 2.05) is 99.2 Å². The van der Waals surface area contributed by atoms with Crippen LogP contribution in [0.2, 0.25) is 0 Å². The second-order valence-corrected chi connectivity index (χ2v) is 7.27. The lowest BCUT2D eigenvalue weighted by molar-refractivity contribution is -0.123. The first-order valence-corrected chi connectivity index (χ1v) is 9.63. The van der Waals surface area contributed by atoms with Gasteiger partial charge in [-0.15, -0.1) is 0 Å². The summed E-state index contributed by atoms with van der Waals surface area (Å²) in [6.07, 6.45) is 16.7. The van der Waals surface area contributed by atoms with E-state index in [0.29, 0.717) is 29.9 Å². The molecule has 1 unspecified atom stereocenters. The van der Waals surface area contributed by atoms with E-state index in [-0.39, 0.29) is 0 Å². The smallest absolute Gasteiger partial charge is 0.144 e. The molecule has 2 saturated carbocycles. The molecule has 10 radical (unpaired) electrons. The van der Waals surface area contributed by atoms with Gasteiger partial charge in [-0.25, -0.2) is 0 Å². The third kappa shape index (κ3) is 3.53. The molecule has 140 valence electrons. The molecule has 2 N–H and O–H groups in total. The van der Waals surface area contributed by atoms with Gasteiger partial charge in [-0.3, -0.25) is 0 Å². The molecule has 0 saturated heterocycles. The Labute approximate surface area is 169 Å². The van der Waals surface area contributed by atoms with Crippen molar-refractivity contribution in [3.63, 3.8) is 0 Å². The topological polar surface area (TPSA) is 40.5 Å². The Morgan fingerprint density at radius 2 is 1.07 bits per heavy atom. The Kier molecular flexibility index (Phi) is 5.89. The van der Waals surface area contributed by atoms with Crippen molar-refractivity contribution in [3.05, 3.63) is 135 Å². The SMILES string of the molecule is OC(CC[C]1[CH][CH][CH][CH]1)([C]1[CH][CH][CH][CH]1)C(O)(c1ccccc1)c1ccccc1. The number of aliphatic hydroxyl groups is 2. The van der Waals surface area contributed by atoms with Crippen LogP contribution >= 0.6 is 0 Å². The Morgan fingerprint density at radius 1 is 0.607 bits per heavy atom. The van der Waals surface area contributed by atoms with E-state index >= 15 is 0 Å². The molecule has 2 heteroatoms. The Morgan fingerprint density at radius 3 is 1.57 bits per heavy atom. The molecule has 2 aliphatic rings. The fourth-order valence-corrected chi connectivity index (χ4v) is 4.09. The molecule has 0 aromatic heterocycles. The molecule has 0 heterocycles. The lowest BCUT2D eigenvalue weighted by Crippen LogP contribution is -2.56. The number of hydrogen-bond donors (Lipinski definition) is 2. The normalized spacial score (nSPS) is 21.1. The molecule has 0 aliphatic heterocycles. The van der Waals surface area contributed by atoms with Gasteiger partial charge in [-0.05, 0) is 81.3 Å². The van der Waals surface area contributed by atoms with Crippen molar-refractivity contribution in [2.75, 3.05) is 0 Å². The molecule has 0 spiro atoms. The van der Waals surface area contributed by atoms with Crippen molar-refractivity contribution in [1.82, 2.24) is 0 Å². The fourth-order valence-electron chi connectivity index (χ4n) is 4.09. The van der Waals surface area contributed by atoms with Crippen LogP contribution in [0, 0.1) is 63.2 Å². The fraction of sp³-hybridized carbons (Fsp3) is 0.154. The molecule has 1 atom stereocenters. The third-order valence-corrected chi connectivity index (χ3v) is 5.63. The second kappa shape index (κ2) is 8.39. The van der Waals surface area contributed by atoms with Crippen LogP contribution in [-0.2, 0) is 5.60 Å². The van der Waals surface area contributed by atoms with Gasteiger partial charge in [0.15, 0.2) is 0 Å². The highest BCUT2D eigenvalue weighted by Crippen LogP contribution is 2.51. The van der Waals surface area contributed by atoms with Crippen molar-refractivity contribution in [3.8, 4) is 0 Å².